The molecule has 0 aliphatic carbocycles. The third kappa shape index (κ3) is 7.18. The van der Waals surface area contributed by atoms with Crippen LogP contribution >= 0.6 is 11.8 Å². The van der Waals surface area contributed by atoms with Gasteiger partial charge in [0.05, 0.1) is 12.3 Å². The van der Waals surface area contributed by atoms with Crippen molar-refractivity contribution in [3.05, 3.63) is 23.8 Å². The molecule has 3 nitrogen and oxygen atoms in total. The number of ether oxygens (including phenoxy) is 1. The quantitative estimate of drug-likeness (QED) is 0.315. The Morgan fingerprint density at radius 2 is 1.95 bits per heavy atom. The van der Waals surface area contributed by atoms with Gasteiger partial charge in [-0.2, -0.15) is 0 Å². The van der Waals surface area contributed by atoms with Crippen LogP contribution in [-0.4, -0.2) is 21.6 Å². The fraction of sp³-hybridized carbons (Fsp3) is 0.647. The average Bonchev–Trinajstić information content (AvgIpc) is 2.41. The molecule has 1 aromatic rings. The number of nitrogens with two attached hydrogens (primary N) is 1. The van der Waals surface area contributed by atoms with Crippen LogP contribution in [-0.2, 0) is 15.8 Å². The van der Waals surface area contributed by atoms with Crippen molar-refractivity contribution >= 4 is 26.5 Å². The number of nitrogen functional groups attached to an aromatic ring is 1. The molecule has 0 amide bonds. The van der Waals surface area contributed by atoms with E-state index in [-0.39, 0.29) is 11.7 Å². The standard InChI is InChI=1S/C17H30NO2SSi/c1-17(2,3)11-10-15(20-22(5)6)19-12-13-8-7-9-14(21-4)16(13)18/h7-9,15H,10-12,18H2,1-6H3. The number of thioether (sulfide) groups is 1. The van der Waals surface area contributed by atoms with Gasteiger partial charge < -0.3 is 14.9 Å². The van der Waals surface area contributed by atoms with Crippen molar-refractivity contribution in [3.8, 4) is 0 Å². The first-order valence-corrected chi connectivity index (χ1v) is 11.4. The number of para-hydroxylation sites is 1. The Hall–Kier alpha value is -0.493. The molecule has 1 rings (SSSR count). The molecule has 0 fully saturated rings. The van der Waals surface area contributed by atoms with Gasteiger partial charge in [0.25, 0.3) is 0 Å². The maximum Gasteiger partial charge on any atom is 0.208 e. The first-order chi connectivity index (χ1) is 10.2. The minimum Gasteiger partial charge on any atom is -0.398 e. The molecule has 0 spiro atoms. The lowest BCUT2D eigenvalue weighted by atomic mass is 9.90. The van der Waals surface area contributed by atoms with Crippen LogP contribution in [0.3, 0.4) is 0 Å². The highest BCUT2D eigenvalue weighted by Gasteiger charge is 2.18. The summed E-state index contributed by atoms with van der Waals surface area (Å²) in [6, 6.07) is 6.09. The van der Waals surface area contributed by atoms with E-state index in [9.17, 15) is 0 Å². The first kappa shape index (κ1) is 19.6. The van der Waals surface area contributed by atoms with E-state index < -0.39 is 9.04 Å². The van der Waals surface area contributed by atoms with Gasteiger partial charge in [0.2, 0.25) is 9.04 Å². The largest absolute Gasteiger partial charge is 0.398 e. The maximum atomic E-state index is 6.19. The molecule has 0 aliphatic heterocycles. The summed E-state index contributed by atoms with van der Waals surface area (Å²) in [6.07, 6.45) is 3.89. The molecule has 125 valence electrons. The van der Waals surface area contributed by atoms with Gasteiger partial charge in [-0.05, 0) is 43.7 Å². The van der Waals surface area contributed by atoms with Gasteiger partial charge in [0, 0.05) is 10.5 Å². The average molecular weight is 341 g/mol. The smallest absolute Gasteiger partial charge is 0.208 e. The number of rotatable bonds is 8. The van der Waals surface area contributed by atoms with Crippen LogP contribution in [0.5, 0.6) is 0 Å². The van der Waals surface area contributed by atoms with Gasteiger partial charge >= 0.3 is 0 Å². The van der Waals surface area contributed by atoms with Crippen LogP contribution in [0.4, 0.5) is 5.69 Å². The summed E-state index contributed by atoms with van der Waals surface area (Å²) < 4.78 is 12.0. The summed E-state index contributed by atoms with van der Waals surface area (Å²) in [5, 5.41) is 0. The van der Waals surface area contributed by atoms with E-state index in [0.717, 1.165) is 29.0 Å². The third-order valence-electron chi connectivity index (χ3n) is 3.30. The first-order valence-electron chi connectivity index (χ1n) is 7.72. The van der Waals surface area contributed by atoms with Crippen molar-refractivity contribution < 1.29 is 9.16 Å². The fourth-order valence-electron chi connectivity index (χ4n) is 2.07. The summed E-state index contributed by atoms with van der Waals surface area (Å²) in [5.74, 6) is 0. The van der Waals surface area contributed by atoms with Crippen LogP contribution in [0.1, 0.15) is 39.2 Å². The summed E-state index contributed by atoms with van der Waals surface area (Å²) in [4.78, 5) is 1.10. The molecule has 2 N–H and O–H groups in total. The predicted octanol–water partition coefficient (Wildman–Crippen LogP) is 4.93. The van der Waals surface area contributed by atoms with Crippen molar-refractivity contribution in [1.29, 1.82) is 0 Å². The summed E-state index contributed by atoms with van der Waals surface area (Å²) in [6.45, 7) is 11.5. The van der Waals surface area contributed by atoms with E-state index in [1.807, 2.05) is 24.5 Å². The fourth-order valence-corrected chi connectivity index (χ4v) is 3.34. The van der Waals surface area contributed by atoms with E-state index in [1.54, 1.807) is 11.8 Å². The second-order valence-corrected chi connectivity index (χ2v) is 9.80. The molecule has 5 heteroatoms. The molecule has 0 saturated carbocycles. The molecule has 0 heterocycles. The van der Waals surface area contributed by atoms with Crippen LogP contribution in [0.25, 0.3) is 0 Å². The highest BCUT2D eigenvalue weighted by molar-refractivity contribution is 7.98. The van der Waals surface area contributed by atoms with Crippen molar-refractivity contribution in [2.45, 2.75) is 64.5 Å². The molecule has 1 radical (unpaired) electrons. The Morgan fingerprint density at radius 3 is 2.50 bits per heavy atom. The van der Waals surface area contributed by atoms with E-state index in [2.05, 4.69) is 33.9 Å². The Bertz CT molecular complexity index is 460. The molecular weight excluding hydrogens is 310 g/mol. The zero-order chi connectivity index (χ0) is 16.8. The highest BCUT2D eigenvalue weighted by atomic mass is 32.2. The minimum atomic E-state index is -0.787. The Kier molecular flexibility index (Phi) is 7.97. The molecular formula is C17H30NO2SSi. The molecule has 22 heavy (non-hydrogen) atoms. The van der Waals surface area contributed by atoms with E-state index in [0.29, 0.717) is 6.61 Å². The Morgan fingerprint density at radius 1 is 1.27 bits per heavy atom. The zero-order valence-electron chi connectivity index (χ0n) is 14.7. The second kappa shape index (κ2) is 8.96. The van der Waals surface area contributed by atoms with Crippen molar-refractivity contribution in [2.24, 2.45) is 5.41 Å². The normalized spacial score (nSPS) is 13.6. The molecule has 0 aliphatic rings. The lowest BCUT2D eigenvalue weighted by Crippen LogP contribution is -2.25. The van der Waals surface area contributed by atoms with Gasteiger partial charge in [-0.25, -0.2) is 0 Å². The van der Waals surface area contributed by atoms with E-state index >= 15 is 0 Å². The van der Waals surface area contributed by atoms with Gasteiger partial charge in [-0.1, -0.05) is 32.9 Å². The summed E-state index contributed by atoms with van der Waals surface area (Å²) >= 11 is 1.66. The minimum absolute atomic E-state index is 0.138. The molecule has 0 saturated heterocycles. The van der Waals surface area contributed by atoms with Gasteiger partial charge in [-0.3, -0.25) is 0 Å². The van der Waals surface area contributed by atoms with Crippen molar-refractivity contribution in [3.63, 3.8) is 0 Å². The van der Waals surface area contributed by atoms with Gasteiger partial charge in [0.15, 0.2) is 0 Å². The molecule has 1 unspecified atom stereocenters. The number of hydrogen-bond donors (Lipinski definition) is 1. The number of benzene rings is 1. The second-order valence-electron chi connectivity index (χ2n) is 6.90. The van der Waals surface area contributed by atoms with Crippen LogP contribution in [0.15, 0.2) is 23.1 Å². The topological polar surface area (TPSA) is 44.5 Å². The monoisotopic (exact) mass is 340 g/mol. The van der Waals surface area contributed by atoms with Gasteiger partial charge in [-0.15, -0.1) is 11.8 Å². The number of anilines is 1. The molecule has 0 bridgehead atoms. The lowest BCUT2D eigenvalue weighted by Gasteiger charge is -2.25. The third-order valence-corrected chi connectivity index (χ3v) is 4.83. The zero-order valence-corrected chi connectivity index (χ0v) is 16.5. The lowest BCUT2D eigenvalue weighted by molar-refractivity contribution is -0.0995. The molecule has 1 atom stereocenters. The van der Waals surface area contributed by atoms with Crippen molar-refractivity contribution in [1.82, 2.24) is 0 Å². The van der Waals surface area contributed by atoms with E-state index in [4.69, 9.17) is 14.9 Å². The SMILES string of the molecule is CSc1cccc(COC(CCC(C)(C)C)O[Si](C)C)c1N. The maximum absolute atomic E-state index is 6.19. The predicted molar refractivity (Wildman–Crippen MR) is 98.5 cm³/mol. The Balaban J connectivity index is 2.66. The highest BCUT2D eigenvalue weighted by Crippen LogP contribution is 2.28. The molecule has 0 aromatic heterocycles. The summed E-state index contributed by atoms with van der Waals surface area (Å²) in [5.41, 5.74) is 8.34. The Labute approximate surface area is 141 Å². The van der Waals surface area contributed by atoms with Gasteiger partial charge in [0.1, 0.15) is 6.29 Å². The van der Waals surface area contributed by atoms with Crippen LogP contribution < -0.4 is 5.73 Å². The molecule has 1 aromatic carbocycles. The van der Waals surface area contributed by atoms with Crippen LogP contribution in [0, 0.1) is 5.41 Å². The van der Waals surface area contributed by atoms with Crippen LogP contribution in [0.2, 0.25) is 13.1 Å². The van der Waals surface area contributed by atoms with E-state index in [1.165, 1.54) is 0 Å². The number of hydrogen-bond acceptors (Lipinski definition) is 4. The summed E-state index contributed by atoms with van der Waals surface area (Å²) in [7, 11) is -0.787. The van der Waals surface area contributed by atoms with Crippen molar-refractivity contribution in [2.75, 3.05) is 12.0 Å².